The van der Waals surface area contributed by atoms with E-state index in [0.29, 0.717) is 0 Å². The Bertz CT molecular complexity index is 792. The molecule has 0 bridgehead atoms. The van der Waals surface area contributed by atoms with Gasteiger partial charge in [-0.25, -0.2) is 4.39 Å². The molecule has 1 unspecified atom stereocenters. The Kier molecular flexibility index (Phi) is 6.58. The van der Waals surface area contributed by atoms with Gasteiger partial charge in [0.05, 0.1) is 10.6 Å². The van der Waals surface area contributed by atoms with Gasteiger partial charge in [-0.05, 0) is 44.4 Å². The fourth-order valence-corrected chi connectivity index (χ4v) is 5.84. The Morgan fingerprint density at radius 2 is 2.19 bits per heavy atom. The van der Waals surface area contributed by atoms with E-state index in [4.69, 9.17) is 4.99 Å². The molecule has 0 fully saturated rings. The van der Waals surface area contributed by atoms with Gasteiger partial charge < -0.3 is 5.32 Å². The fourth-order valence-electron chi connectivity index (χ4n) is 2.75. The molecule has 0 aliphatic carbocycles. The number of aryl methyl sites for hydroxylation is 2. The van der Waals surface area contributed by atoms with Crippen LogP contribution in [0.3, 0.4) is 0 Å². The average Bonchev–Trinajstić information content (AvgIpc) is 3.19. The predicted molar refractivity (Wildman–Crippen MR) is 113 cm³/mol. The van der Waals surface area contributed by atoms with E-state index in [9.17, 15) is 4.39 Å². The number of nitrogens with one attached hydrogen (secondary N) is 1. The van der Waals surface area contributed by atoms with Gasteiger partial charge in [0.2, 0.25) is 0 Å². The smallest absolute Gasteiger partial charge is 0.174 e. The van der Waals surface area contributed by atoms with Crippen LogP contribution in [-0.2, 0) is 6.42 Å². The fraction of sp³-hybridized carbons (Fsp3) is 0.500. The van der Waals surface area contributed by atoms with Crippen molar-refractivity contribution in [2.45, 2.75) is 43.5 Å². The molecular weight excluding hydrogens is 387 g/mol. The summed E-state index contributed by atoms with van der Waals surface area (Å²) >= 11 is 5.15. The highest BCUT2D eigenvalue weighted by molar-refractivity contribution is 8.16. The van der Waals surface area contributed by atoms with Crippen LogP contribution in [0.4, 0.5) is 10.1 Å². The SMILES string of the molecule is CCc1ccc(F)cc1NCCC1(C)CSC(CSc2nnc(C)s2)=N1. The highest BCUT2D eigenvalue weighted by atomic mass is 32.2. The van der Waals surface area contributed by atoms with Gasteiger partial charge in [-0.15, -0.1) is 22.0 Å². The van der Waals surface area contributed by atoms with E-state index in [0.717, 1.165) is 51.5 Å². The molecule has 3 rings (SSSR count). The molecule has 8 heteroatoms. The zero-order chi connectivity index (χ0) is 18.6. The van der Waals surface area contributed by atoms with Crippen molar-refractivity contribution in [1.29, 1.82) is 0 Å². The van der Waals surface area contributed by atoms with Crippen molar-refractivity contribution in [3.05, 3.63) is 34.6 Å². The molecule has 2 heterocycles. The molecule has 0 saturated carbocycles. The molecule has 0 saturated heterocycles. The number of rotatable bonds is 8. The first-order chi connectivity index (χ1) is 12.5. The first kappa shape index (κ1) is 19.6. The number of halogens is 1. The van der Waals surface area contributed by atoms with Crippen molar-refractivity contribution in [2.75, 3.05) is 23.4 Å². The van der Waals surface area contributed by atoms with Crippen molar-refractivity contribution in [2.24, 2.45) is 4.99 Å². The van der Waals surface area contributed by atoms with Crippen molar-refractivity contribution in [3.63, 3.8) is 0 Å². The van der Waals surface area contributed by atoms with Gasteiger partial charge in [0, 0.05) is 23.7 Å². The van der Waals surface area contributed by atoms with E-state index in [2.05, 4.69) is 29.4 Å². The molecule has 1 aromatic carbocycles. The van der Waals surface area contributed by atoms with Crippen LogP contribution < -0.4 is 5.32 Å². The van der Waals surface area contributed by atoms with Gasteiger partial charge in [0.1, 0.15) is 10.8 Å². The maximum atomic E-state index is 13.5. The molecule has 4 nitrogen and oxygen atoms in total. The van der Waals surface area contributed by atoms with Crippen LogP contribution in [0.1, 0.15) is 30.8 Å². The maximum absolute atomic E-state index is 13.5. The first-order valence-electron chi connectivity index (χ1n) is 8.64. The Hall–Kier alpha value is -1.12. The standard InChI is InChI=1S/C18H23FN4S3/c1-4-13-5-6-14(19)9-15(13)20-8-7-18(3)11-25-16(21-18)10-24-17-23-22-12(2)26-17/h5-6,9,20H,4,7-8,10-11H2,1-3H3. The lowest BCUT2D eigenvalue weighted by atomic mass is 10.0. The third-order valence-corrected chi connectivity index (χ3v) is 7.70. The minimum Gasteiger partial charge on any atom is -0.385 e. The van der Waals surface area contributed by atoms with Gasteiger partial charge in [-0.1, -0.05) is 36.1 Å². The molecule has 140 valence electrons. The number of hydrogen-bond donors (Lipinski definition) is 1. The Morgan fingerprint density at radius 1 is 1.35 bits per heavy atom. The lowest BCUT2D eigenvalue weighted by Crippen LogP contribution is -2.26. The molecule has 1 atom stereocenters. The van der Waals surface area contributed by atoms with Gasteiger partial charge in [-0.3, -0.25) is 4.99 Å². The first-order valence-corrected chi connectivity index (χ1v) is 11.4. The van der Waals surface area contributed by atoms with E-state index >= 15 is 0 Å². The quantitative estimate of drug-likeness (QED) is 0.618. The number of benzene rings is 1. The third kappa shape index (κ3) is 5.20. The van der Waals surface area contributed by atoms with E-state index in [1.54, 1.807) is 29.2 Å². The number of thioether (sulfide) groups is 2. The number of aliphatic imine (C=N–C) groups is 1. The van der Waals surface area contributed by atoms with E-state index < -0.39 is 0 Å². The summed E-state index contributed by atoms with van der Waals surface area (Å²) in [7, 11) is 0. The topological polar surface area (TPSA) is 50.2 Å². The third-order valence-electron chi connectivity index (χ3n) is 4.20. The molecule has 2 aromatic rings. The zero-order valence-electron chi connectivity index (χ0n) is 15.2. The summed E-state index contributed by atoms with van der Waals surface area (Å²) in [5, 5.41) is 13.7. The molecule has 1 N–H and O–H groups in total. The van der Waals surface area contributed by atoms with Crippen LogP contribution in [-0.4, -0.2) is 38.8 Å². The highest BCUT2D eigenvalue weighted by Gasteiger charge is 2.30. The normalized spacial score (nSPS) is 19.6. The van der Waals surface area contributed by atoms with Crippen LogP contribution in [0.2, 0.25) is 0 Å². The summed E-state index contributed by atoms with van der Waals surface area (Å²) in [6, 6.07) is 4.96. The number of nitrogens with zero attached hydrogens (tertiary/aromatic N) is 3. The molecule has 0 spiro atoms. The van der Waals surface area contributed by atoms with Crippen LogP contribution in [0.5, 0.6) is 0 Å². The number of aromatic nitrogens is 2. The minimum absolute atomic E-state index is 0.0652. The summed E-state index contributed by atoms with van der Waals surface area (Å²) < 4.78 is 14.5. The van der Waals surface area contributed by atoms with Crippen LogP contribution in [0.15, 0.2) is 27.5 Å². The van der Waals surface area contributed by atoms with E-state index in [-0.39, 0.29) is 11.4 Å². The Labute approximate surface area is 166 Å². The summed E-state index contributed by atoms with van der Waals surface area (Å²) in [5.41, 5.74) is 1.98. The van der Waals surface area contributed by atoms with Crippen molar-refractivity contribution >= 4 is 45.6 Å². The monoisotopic (exact) mass is 410 g/mol. The van der Waals surface area contributed by atoms with Crippen molar-refractivity contribution in [1.82, 2.24) is 10.2 Å². The summed E-state index contributed by atoms with van der Waals surface area (Å²) in [5.74, 6) is 1.65. The van der Waals surface area contributed by atoms with Crippen LogP contribution in [0, 0.1) is 12.7 Å². The molecule has 0 amide bonds. The van der Waals surface area contributed by atoms with Crippen molar-refractivity contribution < 1.29 is 4.39 Å². The van der Waals surface area contributed by atoms with E-state index in [1.807, 2.05) is 24.8 Å². The predicted octanol–water partition coefficient (Wildman–Crippen LogP) is 5.05. The van der Waals surface area contributed by atoms with Gasteiger partial charge in [0.25, 0.3) is 0 Å². The van der Waals surface area contributed by atoms with E-state index in [1.165, 1.54) is 11.1 Å². The van der Waals surface area contributed by atoms with Crippen molar-refractivity contribution in [3.8, 4) is 0 Å². The minimum atomic E-state index is -0.198. The average molecular weight is 411 g/mol. The second-order valence-corrected chi connectivity index (χ2v) is 9.95. The highest BCUT2D eigenvalue weighted by Crippen LogP contribution is 2.33. The number of hydrogen-bond acceptors (Lipinski definition) is 7. The molecule has 26 heavy (non-hydrogen) atoms. The number of anilines is 1. The second-order valence-electron chi connectivity index (χ2n) is 6.50. The summed E-state index contributed by atoms with van der Waals surface area (Å²) in [6.07, 6.45) is 1.81. The Balaban J connectivity index is 1.51. The van der Waals surface area contributed by atoms with Gasteiger partial charge >= 0.3 is 0 Å². The molecule has 1 aliphatic heterocycles. The zero-order valence-corrected chi connectivity index (χ0v) is 17.7. The van der Waals surface area contributed by atoms with Gasteiger partial charge in [-0.2, -0.15) is 0 Å². The van der Waals surface area contributed by atoms with Crippen LogP contribution in [0.25, 0.3) is 0 Å². The largest absolute Gasteiger partial charge is 0.385 e. The summed E-state index contributed by atoms with van der Waals surface area (Å²) in [4.78, 5) is 4.93. The lowest BCUT2D eigenvalue weighted by molar-refractivity contribution is 0.511. The molecule has 0 radical (unpaired) electrons. The molecule has 1 aliphatic rings. The molecule has 1 aromatic heterocycles. The van der Waals surface area contributed by atoms with Crippen LogP contribution >= 0.6 is 34.9 Å². The Morgan fingerprint density at radius 3 is 2.92 bits per heavy atom. The summed E-state index contributed by atoms with van der Waals surface area (Å²) in [6.45, 7) is 7.03. The maximum Gasteiger partial charge on any atom is 0.174 e. The second kappa shape index (κ2) is 8.71. The molecular formula is C18H23FN4S3. The van der Waals surface area contributed by atoms with Gasteiger partial charge in [0.15, 0.2) is 4.34 Å². The lowest BCUT2D eigenvalue weighted by Gasteiger charge is -2.20.